The van der Waals surface area contributed by atoms with Gasteiger partial charge >= 0.3 is 0 Å². The van der Waals surface area contributed by atoms with Crippen molar-refractivity contribution in [3.8, 4) is 11.5 Å². The van der Waals surface area contributed by atoms with E-state index in [4.69, 9.17) is 9.47 Å². The van der Waals surface area contributed by atoms with Crippen molar-refractivity contribution in [1.82, 2.24) is 9.97 Å². The van der Waals surface area contributed by atoms with E-state index in [2.05, 4.69) is 25.3 Å². The van der Waals surface area contributed by atoms with Gasteiger partial charge in [0.15, 0.2) is 11.6 Å². The van der Waals surface area contributed by atoms with Crippen LogP contribution in [0.1, 0.15) is 5.69 Å². The van der Waals surface area contributed by atoms with Gasteiger partial charge in [0.1, 0.15) is 11.6 Å². The Hall–Kier alpha value is -4.38. The molecule has 0 fully saturated rings. The highest BCUT2D eigenvalue weighted by molar-refractivity contribution is 7.92. The molecule has 0 aliphatic rings. The summed E-state index contributed by atoms with van der Waals surface area (Å²) in [6.07, 6.45) is 0. The van der Waals surface area contributed by atoms with Gasteiger partial charge in [0.05, 0.1) is 19.1 Å². The summed E-state index contributed by atoms with van der Waals surface area (Å²) in [4.78, 5) is 8.68. The molecular weight excluding hydrogens is 485 g/mol. The van der Waals surface area contributed by atoms with E-state index in [-0.39, 0.29) is 10.6 Å². The topological polar surface area (TPSA) is 114 Å². The van der Waals surface area contributed by atoms with Crippen molar-refractivity contribution in [2.75, 3.05) is 29.6 Å². The Bertz CT molecular complexity index is 1460. The number of benzene rings is 3. The molecule has 0 saturated carbocycles. The molecule has 0 atom stereocenters. The van der Waals surface area contributed by atoms with Crippen LogP contribution < -0.4 is 24.8 Å². The van der Waals surface area contributed by atoms with E-state index in [1.807, 2.05) is 37.3 Å². The maximum atomic E-state index is 13.9. The molecule has 9 nitrogen and oxygen atoms in total. The van der Waals surface area contributed by atoms with E-state index < -0.39 is 15.8 Å². The molecule has 4 aromatic rings. The minimum absolute atomic E-state index is 0.0369. The molecule has 0 spiro atoms. The highest BCUT2D eigenvalue weighted by atomic mass is 32.2. The average Bonchev–Trinajstić information content (AvgIpc) is 2.85. The number of ether oxygens (including phenoxy) is 2. The van der Waals surface area contributed by atoms with Gasteiger partial charge in [0.25, 0.3) is 10.0 Å². The normalized spacial score (nSPS) is 11.0. The van der Waals surface area contributed by atoms with Crippen molar-refractivity contribution in [1.29, 1.82) is 0 Å². The third kappa shape index (κ3) is 5.99. The Balaban J connectivity index is 1.45. The van der Waals surface area contributed by atoms with E-state index in [1.54, 1.807) is 31.4 Å². The second-order valence-corrected chi connectivity index (χ2v) is 9.36. The Kier molecular flexibility index (Phi) is 7.20. The first-order valence-corrected chi connectivity index (χ1v) is 12.2. The molecule has 0 aliphatic carbocycles. The SMILES string of the molecule is COc1ccc(Nc2cc(C)nc(Nc3ccc(NS(=O)(=O)c4ccc(OC)c(F)c4)cc3)n2)cc1. The molecule has 0 radical (unpaired) electrons. The largest absolute Gasteiger partial charge is 0.497 e. The van der Waals surface area contributed by atoms with Crippen LogP contribution in [0.25, 0.3) is 0 Å². The molecule has 3 N–H and O–H groups in total. The van der Waals surface area contributed by atoms with Crippen LogP contribution in [0.4, 0.5) is 33.2 Å². The lowest BCUT2D eigenvalue weighted by atomic mass is 10.3. The van der Waals surface area contributed by atoms with Gasteiger partial charge in [-0.05, 0) is 73.7 Å². The van der Waals surface area contributed by atoms with E-state index >= 15 is 0 Å². The van der Waals surface area contributed by atoms with Crippen LogP contribution in [0.15, 0.2) is 77.7 Å². The van der Waals surface area contributed by atoms with Crippen molar-refractivity contribution >= 4 is 38.9 Å². The first kappa shape index (κ1) is 24.7. The Labute approximate surface area is 208 Å². The number of methoxy groups -OCH3 is 2. The number of sulfonamides is 1. The quantitative estimate of drug-likeness (QED) is 0.281. The summed E-state index contributed by atoms with van der Waals surface area (Å²) >= 11 is 0. The van der Waals surface area contributed by atoms with E-state index in [0.29, 0.717) is 23.1 Å². The number of aromatic nitrogens is 2. The summed E-state index contributed by atoms with van der Waals surface area (Å²) in [5.41, 5.74) is 2.55. The zero-order valence-corrected chi connectivity index (χ0v) is 20.6. The summed E-state index contributed by atoms with van der Waals surface area (Å²) in [7, 11) is -1.07. The lowest BCUT2D eigenvalue weighted by molar-refractivity contribution is 0.385. The molecule has 0 saturated heterocycles. The Morgan fingerprint density at radius 1 is 0.778 bits per heavy atom. The van der Waals surface area contributed by atoms with E-state index in [9.17, 15) is 12.8 Å². The van der Waals surface area contributed by atoms with Crippen LogP contribution in [-0.4, -0.2) is 32.6 Å². The molecular formula is C25H24FN5O4S. The molecule has 186 valence electrons. The van der Waals surface area contributed by atoms with Gasteiger partial charge in [0.2, 0.25) is 5.95 Å². The Morgan fingerprint density at radius 2 is 1.42 bits per heavy atom. The molecule has 11 heteroatoms. The molecule has 3 aromatic carbocycles. The number of anilines is 5. The van der Waals surface area contributed by atoms with Crippen molar-refractivity contribution in [2.45, 2.75) is 11.8 Å². The summed E-state index contributed by atoms with van der Waals surface area (Å²) < 4.78 is 51.6. The lowest BCUT2D eigenvalue weighted by Crippen LogP contribution is -2.13. The van der Waals surface area contributed by atoms with Gasteiger partial charge in [0, 0.05) is 28.8 Å². The van der Waals surface area contributed by atoms with Gasteiger partial charge in [-0.15, -0.1) is 0 Å². The molecule has 0 aliphatic heterocycles. The maximum absolute atomic E-state index is 13.9. The first-order valence-electron chi connectivity index (χ1n) is 10.8. The van der Waals surface area contributed by atoms with Gasteiger partial charge in [-0.1, -0.05) is 0 Å². The zero-order chi connectivity index (χ0) is 25.7. The van der Waals surface area contributed by atoms with Crippen LogP contribution >= 0.6 is 0 Å². The summed E-state index contributed by atoms with van der Waals surface area (Å²) in [5, 5.41) is 6.33. The zero-order valence-electron chi connectivity index (χ0n) is 19.7. The van der Waals surface area contributed by atoms with Crippen molar-refractivity contribution < 1.29 is 22.3 Å². The monoisotopic (exact) mass is 509 g/mol. The summed E-state index contributed by atoms with van der Waals surface area (Å²) in [6, 6.07) is 19.2. The van der Waals surface area contributed by atoms with E-state index in [1.165, 1.54) is 19.2 Å². The second-order valence-electron chi connectivity index (χ2n) is 7.68. The lowest BCUT2D eigenvalue weighted by Gasteiger charge is -2.12. The number of nitrogens with zero attached hydrogens (tertiary/aromatic N) is 2. The smallest absolute Gasteiger partial charge is 0.262 e. The minimum Gasteiger partial charge on any atom is -0.497 e. The molecule has 0 bridgehead atoms. The summed E-state index contributed by atoms with van der Waals surface area (Å²) in [5.74, 6) is 0.923. The average molecular weight is 510 g/mol. The molecule has 0 amide bonds. The first-order chi connectivity index (χ1) is 17.3. The molecule has 4 rings (SSSR count). The van der Waals surface area contributed by atoms with Crippen molar-refractivity contribution in [2.24, 2.45) is 0 Å². The second kappa shape index (κ2) is 10.5. The molecule has 0 unspecified atom stereocenters. The molecule has 1 aromatic heterocycles. The Morgan fingerprint density at radius 3 is 2.06 bits per heavy atom. The van der Waals surface area contributed by atoms with Gasteiger partial charge in [-0.25, -0.2) is 17.8 Å². The van der Waals surface area contributed by atoms with E-state index in [0.717, 1.165) is 23.2 Å². The number of hydrogen-bond donors (Lipinski definition) is 3. The number of rotatable bonds is 9. The molecule has 1 heterocycles. The standard InChI is InChI=1S/C25H24FN5O4S/c1-16-14-24(28-17-8-10-20(34-2)11-9-17)30-25(27-16)29-18-4-6-19(7-5-18)31-36(32,33)21-12-13-23(35-3)22(26)15-21/h4-15,31H,1-3H3,(H2,27,28,29,30). The number of aryl methyl sites for hydroxylation is 1. The van der Waals surface area contributed by atoms with Crippen molar-refractivity contribution in [3.05, 3.63) is 84.3 Å². The number of hydrogen-bond acceptors (Lipinski definition) is 8. The third-order valence-electron chi connectivity index (χ3n) is 5.04. The highest BCUT2D eigenvalue weighted by Crippen LogP contribution is 2.25. The van der Waals surface area contributed by atoms with Crippen LogP contribution in [0.3, 0.4) is 0 Å². The molecule has 36 heavy (non-hydrogen) atoms. The van der Waals surface area contributed by atoms with Crippen LogP contribution in [-0.2, 0) is 10.0 Å². The maximum Gasteiger partial charge on any atom is 0.262 e. The van der Waals surface area contributed by atoms with Gasteiger partial charge in [-0.3, -0.25) is 4.72 Å². The fraction of sp³-hybridized carbons (Fsp3) is 0.120. The predicted octanol–water partition coefficient (Wildman–Crippen LogP) is 5.23. The summed E-state index contributed by atoms with van der Waals surface area (Å²) in [6.45, 7) is 1.85. The van der Waals surface area contributed by atoms with Crippen LogP contribution in [0.2, 0.25) is 0 Å². The number of halogens is 1. The van der Waals surface area contributed by atoms with Crippen molar-refractivity contribution in [3.63, 3.8) is 0 Å². The fourth-order valence-corrected chi connectivity index (χ4v) is 4.36. The third-order valence-corrected chi connectivity index (χ3v) is 6.42. The fourth-order valence-electron chi connectivity index (χ4n) is 3.29. The van der Waals surface area contributed by atoms with Crippen LogP contribution in [0.5, 0.6) is 11.5 Å². The van der Waals surface area contributed by atoms with Gasteiger partial charge < -0.3 is 20.1 Å². The van der Waals surface area contributed by atoms with Crippen LogP contribution in [0, 0.1) is 12.7 Å². The highest BCUT2D eigenvalue weighted by Gasteiger charge is 2.17. The minimum atomic E-state index is -3.98. The predicted molar refractivity (Wildman–Crippen MR) is 137 cm³/mol. The van der Waals surface area contributed by atoms with Gasteiger partial charge in [-0.2, -0.15) is 4.98 Å². The number of nitrogens with one attached hydrogen (secondary N) is 3.